The summed E-state index contributed by atoms with van der Waals surface area (Å²) in [5.74, 6) is 2.85. The molecule has 3 unspecified atom stereocenters. The molecule has 4 heteroatoms. The van der Waals surface area contributed by atoms with Crippen LogP contribution < -0.4 is 5.32 Å². The minimum atomic E-state index is -0.0502. The van der Waals surface area contributed by atoms with Gasteiger partial charge in [-0.3, -0.25) is 10.1 Å². The molecule has 0 aromatic heterocycles. The molecule has 2 aliphatic rings. The van der Waals surface area contributed by atoms with Gasteiger partial charge in [-0.1, -0.05) is 44.2 Å². The quantitative estimate of drug-likeness (QED) is 0.929. The van der Waals surface area contributed by atoms with Gasteiger partial charge in [-0.2, -0.15) is 11.8 Å². The molecule has 1 N–H and O–H groups in total. The Bertz CT molecular complexity index is 471. The fourth-order valence-electron chi connectivity index (χ4n) is 3.11. The maximum atomic E-state index is 12.8. The number of amides is 1. The zero-order chi connectivity index (χ0) is 14.1. The highest BCUT2D eigenvalue weighted by molar-refractivity contribution is 7.99. The fraction of sp³-hybridized carbons (Fsp3) is 0.562. The van der Waals surface area contributed by atoms with Crippen molar-refractivity contribution in [2.75, 3.05) is 11.5 Å². The second-order valence-electron chi connectivity index (χ2n) is 5.96. The molecule has 0 aliphatic carbocycles. The van der Waals surface area contributed by atoms with Gasteiger partial charge in [0.2, 0.25) is 5.91 Å². The molecule has 1 aromatic rings. The third-order valence-corrected chi connectivity index (χ3v) is 5.36. The molecular formula is C16H22N2OS. The van der Waals surface area contributed by atoms with Crippen molar-refractivity contribution in [2.24, 2.45) is 5.92 Å². The normalized spacial score (nSPS) is 30.4. The van der Waals surface area contributed by atoms with Crippen LogP contribution in [0, 0.1) is 5.92 Å². The van der Waals surface area contributed by atoms with Crippen molar-refractivity contribution >= 4 is 17.7 Å². The number of carbonyl (C=O) groups excluding carboxylic acids is 1. The lowest BCUT2D eigenvalue weighted by atomic mass is 10.0. The first kappa shape index (κ1) is 14.0. The molecule has 0 saturated carbocycles. The number of carbonyl (C=O) groups is 1. The van der Waals surface area contributed by atoms with Gasteiger partial charge in [-0.25, -0.2) is 0 Å². The van der Waals surface area contributed by atoms with E-state index in [0.717, 1.165) is 12.2 Å². The second-order valence-corrected chi connectivity index (χ2v) is 7.11. The van der Waals surface area contributed by atoms with Crippen molar-refractivity contribution < 1.29 is 4.79 Å². The lowest BCUT2D eigenvalue weighted by molar-refractivity contribution is -0.132. The van der Waals surface area contributed by atoms with Gasteiger partial charge in [0.25, 0.3) is 0 Å². The molecule has 0 spiro atoms. The summed E-state index contributed by atoms with van der Waals surface area (Å²) in [5, 5.41) is 3.55. The maximum absolute atomic E-state index is 12.8. The molecule has 2 saturated heterocycles. The van der Waals surface area contributed by atoms with Crippen molar-refractivity contribution in [2.45, 2.75) is 38.5 Å². The van der Waals surface area contributed by atoms with Gasteiger partial charge < -0.3 is 4.90 Å². The summed E-state index contributed by atoms with van der Waals surface area (Å²) >= 11 is 1.96. The van der Waals surface area contributed by atoms with E-state index in [1.54, 1.807) is 0 Å². The Kier molecular flexibility index (Phi) is 4.03. The Hall–Kier alpha value is -1.00. The van der Waals surface area contributed by atoms with Crippen molar-refractivity contribution in [1.29, 1.82) is 0 Å². The van der Waals surface area contributed by atoms with Gasteiger partial charge in [0, 0.05) is 11.8 Å². The Morgan fingerprint density at radius 3 is 2.65 bits per heavy atom. The van der Waals surface area contributed by atoms with E-state index >= 15 is 0 Å². The number of nitrogens with one attached hydrogen (secondary N) is 1. The van der Waals surface area contributed by atoms with Crippen LogP contribution in [0.4, 0.5) is 0 Å². The van der Waals surface area contributed by atoms with Gasteiger partial charge in [0.1, 0.15) is 6.17 Å². The van der Waals surface area contributed by atoms with Crippen molar-refractivity contribution in [3.8, 4) is 0 Å². The molecule has 3 rings (SSSR count). The van der Waals surface area contributed by atoms with Crippen LogP contribution in [0.15, 0.2) is 30.3 Å². The van der Waals surface area contributed by atoms with Crippen molar-refractivity contribution in [3.05, 3.63) is 35.9 Å². The van der Waals surface area contributed by atoms with Crippen LogP contribution in [0.5, 0.6) is 0 Å². The lowest BCUT2D eigenvalue weighted by Gasteiger charge is -2.30. The molecule has 20 heavy (non-hydrogen) atoms. The third kappa shape index (κ3) is 2.47. The fourth-order valence-corrected chi connectivity index (χ4v) is 4.32. The van der Waals surface area contributed by atoms with Gasteiger partial charge in [-0.05, 0) is 23.7 Å². The average Bonchev–Trinajstić information content (AvgIpc) is 3.06. The number of hydrogen-bond donors (Lipinski definition) is 1. The molecule has 2 aliphatic heterocycles. The van der Waals surface area contributed by atoms with Crippen LogP contribution in [0.2, 0.25) is 0 Å². The third-order valence-electron chi connectivity index (χ3n) is 4.22. The largest absolute Gasteiger partial charge is 0.318 e. The van der Waals surface area contributed by atoms with Crippen molar-refractivity contribution in [1.82, 2.24) is 10.2 Å². The number of hydrogen-bond acceptors (Lipinski definition) is 3. The highest BCUT2D eigenvalue weighted by atomic mass is 32.2. The monoisotopic (exact) mass is 290 g/mol. The van der Waals surface area contributed by atoms with E-state index in [-0.39, 0.29) is 18.1 Å². The standard InChI is InChI=1S/C16H22N2OS/c1-11(2)14-16(19)18(13-8-9-20-10-13)15(17-14)12-6-4-3-5-7-12/h3-7,11,13-15,17H,8-10H2,1-2H3. The summed E-state index contributed by atoms with van der Waals surface area (Å²) in [7, 11) is 0. The van der Waals surface area contributed by atoms with E-state index in [9.17, 15) is 4.79 Å². The van der Waals surface area contributed by atoms with E-state index in [1.807, 2.05) is 30.0 Å². The topological polar surface area (TPSA) is 32.3 Å². The van der Waals surface area contributed by atoms with E-state index in [4.69, 9.17) is 0 Å². The van der Waals surface area contributed by atoms with Crippen LogP contribution >= 0.6 is 11.8 Å². The summed E-state index contributed by atoms with van der Waals surface area (Å²) in [5.41, 5.74) is 1.20. The highest BCUT2D eigenvalue weighted by Gasteiger charge is 2.44. The Morgan fingerprint density at radius 1 is 1.30 bits per heavy atom. The van der Waals surface area contributed by atoms with Crippen LogP contribution in [-0.4, -0.2) is 34.4 Å². The first-order valence-corrected chi connectivity index (χ1v) is 8.55. The predicted molar refractivity (Wildman–Crippen MR) is 83.5 cm³/mol. The van der Waals surface area contributed by atoms with Gasteiger partial charge in [0.05, 0.1) is 6.04 Å². The zero-order valence-electron chi connectivity index (χ0n) is 12.1. The molecule has 108 valence electrons. The predicted octanol–water partition coefficient (Wildman–Crippen LogP) is 2.65. The lowest BCUT2D eigenvalue weighted by Crippen LogP contribution is -2.40. The van der Waals surface area contributed by atoms with Crippen LogP contribution in [-0.2, 0) is 4.79 Å². The van der Waals surface area contributed by atoms with Crippen LogP contribution in [0.3, 0.4) is 0 Å². The van der Waals surface area contributed by atoms with E-state index < -0.39 is 0 Å². The minimum Gasteiger partial charge on any atom is -0.318 e. The summed E-state index contributed by atoms with van der Waals surface area (Å²) < 4.78 is 0. The minimum absolute atomic E-state index is 0.0415. The van der Waals surface area contributed by atoms with Crippen LogP contribution in [0.25, 0.3) is 0 Å². The molecule has 2 heterocycles. The number of rotatable bonds is 3. The molecule has 2 fully saturated rings. The number of benzene rings is 1. The SMILES string of the molecule is CC(C)C1NC(c2ccccc2)N(C2CCSC2)C1=O. The maximum Gasteiger partial charge on any atom is 0.241 e. The second kappa shape index (κ2) is 5.78. The Labute approximate surface area is 125 Å². The van der Waals surface area contributed by atoms with E-state index in [1.165, 1.54) is 11.3 Å². The number of nitrogens with zero attached hydrogens (tertiary/aromatic N) is 1. The molecular weight excluding hydrogens is 268 g/mol. The molecule has 3 nitrogen and oxygen atoms in total. The smallest absolute Gasteiger partial charge is 0.241 e. The summed E-state index contributed by atoms with van der Waals surface area (Å²) in [4.78, 5) is 14.9. The van der Waals surface area contributed by atoms with Gasteiger partial charge >= 0.3 is 0 Å². The number of thioether (sulfide) groups is 1. The summed E-state index contributed by atoms with van der Waals surface area (Å²) in [6.07, 6.45) is 1.16. The average molecular weight is 290 g/mol. The Balaban J connectivity index is 1.91. The van der Waals surface area contributed by atoms with Gasteiger partial charge in [0.15, 0.2) is 0 Å². The first-order valence-electron chi connectivity index (χ1n) is 7.39. The first-order chi connectivity index (χ1) is 9.68. The summed E-state index contributed by atoms with van der Waals surface area (Å²) in [6.45, 7) is 4.23. The van der Waals surface area contributed by atoms with Gasteiger partial charge in [-0.15, -0.1) is 0 Å². The van der Waals surface area contributed by atoms with E-state index in [0.29, 0.717) is 12.0 Å². The zero-order valence-corrected chi connectivity index (χ0v) is 12.9. The Morgan fingerprint density at radius 2 is 2.05 bits per heavy atom. The van der Waals surface area contributed by atoms with E-state index in [2.05, 4.69) is 36.2 Å². The molecule has 3 atom stereocenters. The molecule has 0 radical (unpaired) electrons. The van der Waals surface area contributed by atoms with Crippen molar-refractivity contribution in [3.63, 3.8) is 0 Å². The molecule has 0 bridgehead atoms. The highest BCUT2D eigenvalue weighted by Crippen LogP contribution is 2.34. The molecule has 1 amide bonds. The van der Waals surface area contributed by atoms with Crippen LogP contribution in [0.1, 0.15) is 32.0 Å². The molecule has 1 aromatic carbocycles. The summed E-state index contributed by atoms with van der Waals surface area (Å²) in [6, 6.07) is 10.7.